The third-order valence-corrected chi connectivity index (χ3v) is 3.69. The molecule has 1 aliphatic rings. The van der Waals surface area contributed by atoms with Crippen LogP contribution in [-0.4, -0.2) is 50.2 Å². The van der Waals surface area contributed by atoms with Crippen LogP contribution in [0, 0.1) is 13.8 Å². The van der Waals surface area contributed by atoms with E-state index >= 15 is 0 Å². The SMILES string of the molecule is Cc1cc(C)c(C(=O)NCC2CN(C)CCO2)cc1N. The van der Waals surface area contributed by atoms with Crippen LogP contribution in [0.1, 0.15) is 21.5 Å². The molecule has 1 aromatic carbocycles. The Morgan fingerprint density at radius 3 is 2.90 bits per heavy atom. The summed E-state index contributed by atoms with van der Waals surface area (Å²) in [5, 5.41) is 2.93. The van der Waals surface area contributed by atoms with Crippen LogP contribution in [0.25, 0.3) is 0 Å². The van der Waals surface area contributed by atoms with Gasteiger partial charge in [0.15, 0.2) is 0 Å². The molecule has 1 amide bonds. The molecule has 1 fully saturated rings. The van der Waals surface area contributed by atoms with Crippen molar-refractivity contribution in [3.05, 3.63) is 28.8 Å². The van der Waals surface area contributed by atoms with Gasteiger partial charge in [-0.2, -0.15) is 0 Å². The highest BCUT2D eigenvalue weighted by Gasteiger charge is 2.19. The lowest BCUT2D eigenvalue weighted by Gasteiger charge is -2.30. The normalized spacial score (nSPS) is 19.9. The Labute approximate surface area is 120 Å². The van der Waals surface area contributed by atoms with Gasteiger partial charge in [-0.15, -0.1) is 0 Å². The van der Waals surface area contributed by atoms with E-state index in [2.05, 4.69) is 17.3 Å². The first kappa shape index (κ1) is 14.8. The molecule has 1 saturated heterocycles. The summed E-state index contributed by atoms with van der Waals surface area (Å²) in [5.41, 5.74) is 9.09. The number of nitrogens with one attached hydrogen (secondary N) is 1. The lowest BCUT2D eigenvalue weighted by Crippen LogP contribution is -2.46. The zero-order valence-corrected chi connectivity index (χ0v) is 12.4. The van der Waals surface area contributed by atoms with Crippen LogP contribution in [0.5, 0.6) is 0 Å². The summed E-state index contributed by atoms with van der Waals surface area (Å²) < 4.78 is 5.63. The van der Waals surface area contributed by atoms with Crippen LogP contribution < -0.4 is 11.1 Å². The number of likely N-dealkylation sites (N-methyl/N-ethyl adjacent to an activating group) is 1. The molecule has 1 unspecified atom stereocenters. The van der Waals surface area contributed by atoms with E-state index in [9.17, 15) is 4.79 Å². The first-order chi connectivity index (χ1) is 9.47. The molecule has 0 spiro atoms. The van der Waals surface area contributed by atoms with Crippen molar-refractivity contribution in [2.24, 2.45) is 0 Å². The fourth-order valence-corrected chi connectivity index (χ4v) is 2.41. The molecule has 2 rings (SSSR count). The van der Waals surface area contributed by atoms with E-state index in [-0.39, 0.29) is 12.0 Å². The largest absolute Gasteiger partial charge is 0.398 e. The smallest absolute Gasteiger partial charge is 0.251 e. The maximum Gasteiger partial charge on any atom is 0.251 e. The predicted octanol–water partition coefficient (Wildman–Crippen LogP) is 0.946. The van der Waals surface area contributed by atoms with Gasteiger partial charge in [-0.25, -0.2) is 0 Å². The van der Waals surface area contributed by atoms with E-state index in [4.69, 9.17) is 10.5 Å². The van der Waals surface area contributed by atoms with Crippen molar-refractivity contribution in [2.45, 2.75) is 20.0 Å². The average Bonchev–Trinajstić information content (AvgIpc) is 2.40. The number of amides is 1. The fourth-order valence-electron chi connectivity index (χ4n) is 2.41. The molecule has 1 heterocycles. The second-order valence-corrected chi connectivity index (χ2v) is 5.49. The molecule has 1 aromatic rings. The minimum atomic E-state index is -0.0916. The molecule has 0 aromatic heterocycles. The van der Waals surface area contributed by atoms with Gasteiger partial charge in [-0.3, -0.25) is 4.79 Å². The Morgan fingerprint density at radius 1 is 1.45 bits per heavy atom. The number of anilines is 1. The number of benzene rings is 1. The van der Waals surface area contributed by atoms with Gasteiger partial charge >= 0.3 is 0 Å². The summed E-state index contributed by atoms with van der Waals surface area (Å²) in [6, 6.07) is 3.68. The van der Waals surface area contributed by atoms with E-state index in [1.165, 1.54) is 0 Å². The number of morpholine rings is 1. The molecule has 3 N–H and O–H groups in total. The zero-order chi connectivity index (χ0) is 14.7. The predicted molar refractivity (Wildman–Crippen MR) is 79.9 cm³/mol. The number of hydrogen-bond donors (Lipinski definition) is 2. The van der Waals surface area contributed by atoms with Gasteiger partial charge in [0, 0.05) is 30.9 Å². The Kier molecular flexibility index (Phi) is 4.62. The van der Waals surface area contributed by atoms with E-state index in [0.717, 1.165) is 24.2 Å². The Balaban J connectivity index is 1.96. The van der Waals surface area contributed by atoms with Crippen LogP contribution in [0.15, 0.2) is 12.1 Å². The molecule has 5 nitrogen and oxygen atoms in total. The molecule has 0 saturated carbocycles. The number of hydrogen-bond acceptors (Lipinski definition) is 4. The molecular formula is C15H23N3O2. The monoisotopic (exact) mass is 277 g/mol. The van der Waals surface area contributed by atoms with Gasteiger partial charge in [-0.1, -0.05) is 6.07 Å². The van der Waals surface area contributed by atoms with Gasteiger partial charge in [0.2, 0.25) is 0 Å². The molecule has 0 radical (unpaired) electrons. The van der Waals surface area contributed by atoms with Crippen LogP contribution in [-0.2, 0) is 4.74 Å². The molecular weight excluding hydrogens is 254 g/mol. The number of aryl methyl sites for hydroxylation is 2. The van der Waals surface area contributed by atoms with Crippen molar-refractivity contribution in [2.75, 3.05) is 39.0 Å². The number of rotatable bonds is 3. The first-order valence-electron chi connectivity index (χ1n) is 6.92. The first-order valence-corrected chi connectivity index (χ1v) is 6.92. The van der Waals surface area contributed by atoms with E-state index in [1.54, 1.807) is 6.07 Å². The van der Waals surface area contributed by atoms with Gasteiger partial charge in [0.1, 0.15) is 0 Å². The summed E-state index contributed by atoms with van der Waals surface area (Å²) in [6.45, 7) is 6.89. The number of nitrogens with two attached hydrogens (primary N) is 1. The van der Waals surface area contributed by atoms with E-state index in [1.807, 2.05) is 19.9 Å². The van der Waals surface area contributed by atoms with E-state index < -0.39 is 0 Å². The van der Waals surface area contributed by atoms with Crippen LogP contribution in [0.3, 0.4) is 0 Å². The summed E-state index contributed by atoms with van der Waals surface area (Å²) >= 11 is 0. The number of carbonyl (C=O) groups excluding carboxylic acids is 1. The van der Waals surface area contributed by atoms with Crippen molar-refractivity contribution in [3.63, 3.8) is 0 Å². The number of nitrogen functional groups attached to an aromatic ring is 1. The molecule has 5 heteroatoms. The van der Waals surface area contributed by atoms with Crippen molar-refractivity contribution in [1.29, 1.82) is 0 Å². The maximum atomic E-state index is 12.2. The summed E-state index contributed by atoms with van der Waals surface area (Å²) in [5.74, 6) is -0.0916. The van der Waals surface area contributed by atoms with Crippen molar-refractivity contribution >= 4 is 11.6 Å². The van der Waals surface area contributed by atoms with Crippen molar-refractivity contribution in [3.8, 4) is 0 Å². The van der Waals surface area contributed by atoms with Crippen LogP contribution in [0.2, 0.25) is 0 Å². The lowest BCUT2D eigenvalue weighted by molar-refractivity contribution is -0.0175. The molecule has 1 atom stereocenters. The highest BCUT2D eigenvalue weighted by Crippen LogP contribution is 2.17. The topological polar surface area (TPSA) is 67.6 Å². The minimum Gasteiger partial charge on any atom is -0.398 e. The Hall–Kier alpha value is -1.59. The number of ether oxygens (including phenoxy) is 1. The Bertz CT molecular complexity index is 502. The molecule has 110 valence electrons. The third kappa shape index (κ3) is 3.49. The maximum absolute atomic E-state index is 12.2. The van der Waals surface area contributed by atoms with Crippen molar-refractivity contribution in [1.82, 2.24) is 10.2 Å². The third-order valence-electron chi connectivity index (χ3n) is 3.69. The highest BCUT2D eigenvalue weighted by molar-refractivity contribution is 5.96. The fraction of sp³-hybridized carbons (Fsp3) is 0.533. The van der Waals surface area contributed by atoms with Gasteiger partial charge < -0.3 is 20.7 Å². The average molecular weight is 277 g/mol. The number of nitrogens with zero attached hydrogens (tertiary/aromatic N) is 1. The molecule has 0 aliphatic carbocycles. The Morgan fingerprint density at radius 2 is 2.20 bits per heavy atom. The van der Waals surface area contributed by atoms with Crippen LogP contribution in [0.4, 0.5) is 5.69 Å². The minimum absolute atomic E-state index is 0.0563. The van der Waals surface area contributed by atoms with Gasteiger partial charge in [-0.05, 0) is 38.1 Å². The molecule has 0 bridgehead atoms. The lowest BCUT2D eigenvalue weighted by atomic mass is 10.0. The van der Waals surface area contributed by atoms with Crippen LogP contribution >= 0.6 is 0 Å². The van der Waals surface area contributed by atoms with E-state index in [0.29, 0.717) is 24.4 Å². The summed E-state index contributed by atoms with van der Waals surface area (Å²) in [4.78, 5) is 14.4. The van der Waals surface area contributed by atoms with Gasteiger partial charge in [0.05, 0.1) is 12.7 Å². The second-order valence-electron chi connectivity index (χ2n) is 5.49. The molecule has 20 heavy (non-hydrogen) atoms. The zero-order valence-electron chi connectivity index (χ0n) is 12.4. The van der Waals surface area contributed by atoms with Crippen molar-refractivity contribution < 1.29 is 9.53 Å². The summed E-state index contributed by atoms with van der Waals surface area (Å²) in [7, 11) is 2.06. The second kappa shape index (κ2) is 6.24. The number of carbonyl (C=O) groups is 1. The standard InChI is InChI=1S/C15H23N3O2/c1-10-6-11(2)14(16)7-13(10)15(19)17-8-12-9-18(3)4-5-20-12/h6-7,12H,4-5,8-9,16H2,1-3H3,(H,17,19). The molecule has 1 aliphatic heterocycles. The highest BCUT2D eigenvalue weighted by atomic mass is 16.5. The van der Waals surface area contributed by atoms with Gasteiger partial charge in [0.25, 0.3) is 5.91 Å². The quantitative estimate of drug-likeness (QED) is 0.807. The summed E-state index contributed by atoms with van der Waals surface area (Å²) in [6.07, 6.45) is 0.0563.